The topological polar surface area (TPSA) is 0 Å². The smallest absolute Gasteiger partial charge is 0.00564 e. The average molecular weight is 395 g/mol. The van der Waals surface area contributed by atoms with E-state index in [1.54, 1.807) is 5.57 Å². The minimum atomic E-state index is 0.425. The van der Waals surface area contributed by atoms with Gasteiger partial charge in [-0.2, -0.15) is 0 Å². The lowest BCUT2D eigenvalue weighted by Crippen LogP contribution is -2.61. The van der Waals surface area contributed by atoms with Crippen molar-refractivity contribution in [1.29, 1.82) is 0 Å². The lowest BCUT2D eigenvalue weighted by atomic mass is 9.35. The summed E-state index contributed by atoms with van der Waals surface area (Å²) in [6, 6.07) is 0. The summed E-state index contributed by atoms with van der Waals surface area (Å²) in [6.07, 6.45) is 18.2. The maximum atomic E-state index is 2.84. The normalized spacial score (nSPS) is 56.9. The van der Waals surface area contributed by atoms with Crippen LogP contribution in [0.4, 0.5) is 0 Å². The summed E-state index contributed by atoms with van der Waals surface area (Å²) in [4.78, 5) is 0. The van der Waals surface area contributed by atoms with Gasteiger partial charge >= 0.3 is 0 Å². The third-order valence-corrected chi connectivity index (χ3v) is 12.4. The third kappa shape index (κ3) is 2.44. The van der Waals surface area contributed by atoms with Crippen molar-refractivity contribution in [3.05, 3.63) is 23.3 Å². The third-order valence-electron chi connectivity index (χ3n) is 12.4. The molecule has 5 aliphatic carbocycles. The molecule has 162 valence electrons. The van der Waals surface area contributed by atoms with Crippen molar-refractivity contribution in [3.63, 3.8) is 0 Å². The molecular weight excluding hydrogens is 348 g/mol. The van der Waals surface area contributed by atoms with E-state index in [1.165, 1.54) is 57.8 Å². The van der Waals surface area contributed by atoms with Gasteiger partial charge in [0.1, 0.15) is 0 Å². The van der Waals surface area contributed by atoms with Crippen LogP contribution in [0, 0.1) is 51.2 Å². The Morgan fingerprint density at radius 2 is 1.62 bits per heavy atom. The van der Waals surface area contributed by atoms with E-state index in [4.69, 9.17) is 0 Å². The summed E-state index contributed by atoms with van der Waals surface area (Å²) in [5, 5.41) is 0. The first-order valence-corrected chi connectivity index (χ1v) is 12.9. The van der Waals surface area contributed by atoms with E-state index >= 15 is 0 Å². The monoisotopic (exact) mass is 394 g/mol. The summed E-state index contributed by atoms with van der Waals surface area (Å²) in [5.74, 6) is 4.29. The fourth-order valence-corrected chi connectivity index (χ4v) is 10.1. The van der Waals surface area contributed by atoms with E-state index in [9.17, 15) is 0 Å². The second-order valence-electron chi connectivity index (χ2n) is 13.3. The van der Waals surface area contributed by atoms with Gasteiger partial charge in [-0.1, -0.05) is 64.8 Å². The number of allylic oxidation sites excluding steroid dienone is 4. The molecule has 0 saturated heterocycles. The Morgan fingerprint density at radius 1 is 0.862 bits per heavy atom. The number of hydrogen-bond donors (Lipinski definition) is 0. The maximum Gasteiger partial charge on any atom is -0.00564 e. The Hall–Kier alpha value is -0.520. The summed E-state index contributed by atoms with van der Waals surface area (Å²) in [6.45, 7) is 18.4. The van der Waals surface area contributed by atoms with Crippen LogP contribution in [0.3, 0.4) is 0 Å². The van der Waals surface area contributed by atoms with Gasteiger partial charge in [0, 0.05) is 0 Å². The average Bonchev–Trinajstić information content (AvgIpc) is 2.66. The quantitative estimate of drug-likeness (QED) is 0.361. The molecule has 0 aromatic rings. The van der Waals surface area contributed by atoms with Crippen molar-refractivity contribution in [3.8, 4) is 0 Å². The van der Waals surface area contributed by atoms with Crippen LogP contribution in [0.15, 0.2) is 23.3 Å². The molecule has 0 radical (unpaired) electrons. The second kappa shape index (κ2) is 6.26. The summed E-state index contributed by atoms with van der Waals surface area (Å²) in [7, 11) is 0. The molecule has 3 saturated carbocycles. The van der Waals surface area contributed by atoms with Gasteiger partial charge in [-0.05, 0) is 116 Å². The minimum absolute atomic E-state index is 0.425. The van der Waals surface area contributed by atoms with Gasteiger partial charge in [-0.3, -0.25) is 0 Å². The number of rotatable bonds is 0. The van der Waals surface area contributed by atoms with Crippen LogP contribution in [0.1, 0.15) is 106 Å². The second-order valence-corrected chi connectivity index (χ2v) is 13.3. The van der Waals surface area contributed by atoms with Gasteiger partial charge in [0.05, 0.1) is 0 Å². The molecule has 0 aromatic carbocycles. The molecule has 0 aliphatic heterocycles. The molecule has 0 heteroatoms. The van der Waals surface area contributed by atoms with E-state index in [2.05, 4.69) is 60.6 Å². The highest BCUT2D eigenvalue weighted by molar-refractivity contribution is 5.34. The fourth-order valence-electron chi connectivity index (χ4n) is 10.1. The highest BCUT2D eigenvalue weighted by atomic mass is 14.7. The highest BCUT2D eigenvalue weighted by Crippen LogP contribution is 2.74. The Kier molecular flexibility index (Phi) is 4.40. The van der Waals surface area contributed by atoms with Gasteiger partial charge in [0.15, 0.2) is 0 Å². The largest absolute Gasteiger partial charge is 0.0853 e. The molecule has 0 heterocycles. The van der Waals surface area contributed by atoms with Gasteiger partial charge in [-0.25, -0.2) is 0 Å². The predicted molar refractivity (Wildman–Crippen MR) is 125 cm³/mol. The molecule has 29 heavy (non-hydrogen) atoms. The van der Waals surface area contributed by atoms with Crippen LogP contribution in [-0.4, -0.2) is 0 Å². The first kappa shape index (κ1) is 20.4. The van der Waals surface area contributed by atoms with E-state index in [0.717, 1.165) is 29.6 Å². The first-order chi connectivity index (χ1) is 13.6. The van der Waals surface area contributed by atoms with Crippen molar-refractivity contribution in [2.75, 3.05) is 0 Å². The van der Waals surface area contributed by atoms with Crippen LogP contribution < -0.4 is 0 Å². The molecule has 0 spiro atoms. The molecule has 0 nitrogen and oxygen atoms in total. The molecule has 9 unspecified atom stereocenters. The van der Waals surface area contributed by atoms with Gasteiger partial charge < -0.3 is 0 Å². The highest BCUT2D eigenvalue weighted by Gasteiger charge is 2.65. The van der Waals surface area contributed by atoms with Crippen molar-refractivity contribution in [1.82, 2.24) is 0 Å². The summed E-state index contributed by atoms with van der Waals surface area (Å²) in [5.41, 5.74) is 5.63. The zero-order valence-corrected chi connectivity index (χ0v) is 20.4. The van der Waals surface area contributed by atoms with Crippen LogP contribution in [-0.2, 0) is 0 Å². The van der Waals surface area contributed by atoms with Crippen molar-refractivity contribution in [2.24, 2.45) is 51.2 Å². The molecular formula is C29H46. The molecule has 0 aromatic heterocycles. The summed E-state index contributed by atoms with van der Waals surface area (Å²) >= 11 is 0. The Bertz CT molecular complexity index is 756. The zero-order chi connectivity index (χ0) is 20.8. The molecule has 5 rings (SSSR count). The van der Waals surface area contributed by atoms with E-state index < -0.39 is 0 Å². The standard InChI is InChI=1S/C29H46/c1-19-12-15-26(4)17-18-28(6)23(25(26)21(19)3)10-11-24-27(5)14-8-9-20(2)22(27)13-16-29(24,28)7/h9-10,19,21-22,24-25H,8,11-18H2,1-7H3. The predicted octanol–water partition coefficient (Wildman–Crippen LogP) is 8.58. The van der Waals surface area contributed by atoms with E-state index in [1.807, 2.05) is 5.57 Å². The van der Waals surface area contributed by atoms with Crippen LogP contribution in [0.25, 0.3) is 0 Å². The lowest BCUT2D eigenvalue weighted by Gasteiger charge is -2.69. The van der Waals surface area contributed by atoms with Gasteiger partial charge in [-0.15, -0.1) is 0 Å². The van der Waals surface area contributed by atoms with E-state index in [0.29, 0.717) is 21.7 Å². The molecule has 5 aliphatic rings. The molecule has 0 bridgehead atoms. The summed E-state index contributed by atoms with van der Waals surface area (Å²) < 4.78 is 0. The van der Waals surface area contributed by atoms with Gasteiger partial charge in [0.25, 0.3) is 0 Å². The van der Waals surface area contributed by atoms with Crippen molar-refractivity contribution >= 4 is 0 Å². The van der Waals surface area contributed by atoms with Gasteiger partial charge in [0.2, 0.25) is 0 Å². The molecule has 0 amide bonds. The molecule has 0 N–H and O–H groups in total. The van der Waals surface area contributed by atoms with Crippen LogP contribution in [0.5, 0.6) is 0 Å². The fraction of sp³-hybridized carbons (Fsp3) is 0.862. The maximum absolute atomic E-state index is 2.84. The molecule has 3 fully saturated rings. The molecule has 9 atom stereocenters. The Balaban J connectivity index is 1.60. The first-order valence-electron chi connectivity index (χ1n) is 12.9. The SMILES string of the molecule is CC1=CCCC2(C)C1CCC1(C)C2CC=C2C3C(C)C(C)CCC3(C)CCC21C. The van der Waals surface area contributed by atoms with Crippen molar-refractivity contribution < 1.29 is 0 Å². The number of hydrogen-bond acceptors (Lipinski definition) is 0. The van der Waals surface area contributed by atoms with E-state index in [-0.39, 0.29) is 0 Å². The Labute approximate surface area is 181 Å². The number of fused-ring (bicyclic) bond motifs is 7. The Morgan fingerprint density at radius 3 is 2.38 bits per heavy atom. The zero-order valence-electron chi connectivity index (χ0n) is 20.4. The van der Waals surface area contributed by atoms with Crippen molar-refractivity contribution in [2.45, 2.75) is 106 Å². The minimum Gasteiger partial charge on any atom is -0.0853 e. The van der Waals surface area contributed by atoms with Crippen LogP contribution in [0.2, 0.25) is 0 Å². The lowest BCUT2D eigenvalue weighted by molar-refractivity contribution is -0.144. The van der Waals surface area contributed by atoms with Crippen LogP contribution >= 0.6 is 0 Å².